The maximum atomic E-state index is 12.8. The van der Waals surface area contributed by atoms with Crippen molar-refractivity contribution in [3.8, 4) is 5.75 Å². The monoisotopic (exact) mass is 302 g/mol. The van der Waals surface area contributed by atoms with Gasteiger partial charge in [-0.25, -0.2) is 0 Å². The smallest absolute Gasteiger partial charge is 0.391 e. The van der Waals surface area contributed by atoms with E-state index in [1.54, 1.807) is 13.2 Å². The van der Waals surface area contributed by atoms with E-state index >= 15 is 0 Å². The molecule has 0 saturated heterocycles. The molecular formula is C16H21F3O2. The summed E-state index contributed by atoms with van der Waals surface area (Å²) < 4.78 is 43.7. The third-order valence-electron chi connectivity index (χ3n) is 4.34. The van der Waals surface area contributed by atoms with Gasteiger partial charge in [-0.1, -0.05) is 24.6 Å². The van der Waals surface area contributed by atoms with E-state index in [1.807, 2.05) is 18.2 Å². The van der Waals surface area contributed by atoms with Crippen LogP contribution in [-0.2, 0) is 6.42 Å². The second-order valence-electron chi connectivity index (χ2n) is 5.75. The summed E-state index contributed by atoms with van der Waals surface area (Å²) in [7, 11) is 1.55. The molecule has 5 heteroatoms. The lowest BCUT2D eigenvalue weighted by atomic mass is 9.77. The predicted molar refractivity (Wildman–Crippen MR) is 74.2 cm³/mol. The second kappa shape index (κ2) is 6.69. The van der Waals surface area contributed by atoms with Gasteiger partial charge < -0.3 is 9.84 Å². The first-order valence-corrected chi connectivity index (χ1v) is 7.28. The van der Waals surface area contributed by atoms with E-state index in [2.05, 4.69) is 0 Å². The number of benzene rings is 1. The average Bonchev–Trinajstić information content (AvgIpc) is 2.47. The highest BCUT2D eigenvalue weighted by molar-refractivity contribution is 5.33. The zero-order valence-corrected chi connectivity index (χ0v) is 12.1. The molecule has 118 valence electrons. The van der Waals surface area contributed by atoms with Gasteiger partial charge in [0.05, 0.1) is 19.1 Å². The van der Waals surface area contributed by atoms with Crippen molar-refractivity contribution in [3.63, 3.8) is 0 Å². The Balaban J connectivity index is 2.01. The highest BCUT2D eigenvalue weighted by Gasteiger charge is 2.43. The molecule has 3 atom stereocenters. The minimum absolute atomic E-state index is 0.0276. The van der Waals surface area contributed by atoms with Gasteiger partial charge in [-0.2, -0.15) is 13.2 Å². The molecule has 0 aliphatic heterocycles. The molecule has 0 heterocycles. The lowest BCUT2D eigenvalue weighted by Crippen LogP contribution is -2.34. The van der Waals surface area contributed by atoms with Crippen LogP contribution in [0, 0.1) is 11.8 Å². The third-order valence-corrected chi connectivity index (χ3v) is 4.34. The summed E-state index contributed by atoms with van der Waals surface area (Å²) in [6, 6.07) is 7.30. The number of rotatable bonds is 4. The van der Waals surface area contributed by atoms with Gasteiger partial charge in [0.2, 0.25) is 0 Å². The molecule has 0 radical (unpaired) electrons. The Morgan fingerprint density at radius 3 is 2.67 bits per heavy atom. The molecule has 3 unspecified atom stereocenters. The molecule has 1 N–H and O–H groups in total. The van der Waals surface area contributed by atoms with E-state index in [-0.39, 0.29) is 18.8 Å². The first-order valence-electron chi connectivity index (χ1n) is 7.28. The first kappa shape index (κ1) is 16.1. The largest absolute Gasteiger partial charge is 0.496 e. The van der Waals surface area contributed by atoms with Crippen molar-refractivity contribution in [2.24, 2.45) is 11.8 Å². The van der Waals surface area contributed by atoms with Crippen molar-refractivity contribution in [1.82, 2.24) is 0 Å². The number of halogens is 3. The summed E-state index contributed by atoms with van der Waals surface area (Å²) in [5.41, 5.74) is 0.835. The van der Waals surface area contributed by atoms with Crippen LogP contribution in [0.25, 0.3) is 0 Å². The molecule has 1 aliphatic carbocycles. The van der Waals surface area contributed by atoms with Gasteiger partial charge in [0.1, 0.15) is 5.75 Å². The number of para-hydroxylation sites is 1. The van der Waals surface area contributed by atoms with Crippen molar-refractivity contribution in [2.75, 3.05) is 7.11 Å². The quantitative estimate of drug-likeness (QED) is 0.912. The van der Waals surface area contributed by atoms with E-state index in [0.29, 0.717) is 25.0 Å². The molecule has 2 nitrogen and oxygen atoms in total. The van der Waals surface area contributed by atoms with Gasteiger partial charge in [-0.15, -0.1) is 0 Å². The molecule has 0 spiro atoms. The lowest BCUT2D eigenvalue weighted by molar-refractivity contribution is -0.188. The van der Waals surface area contributed by atoms with E-state index in [1.165, 1.54) is 0 Å². The maximum absolute atomic E-state index is 12.8. The molecule has 1 aliphatic rings. The van der Waals surface area contributed by atoms with Crippen LogP contribution < -0.4 is 4.74 Å². The Morgan fingerprint density at radius 2 is 2.00 bits per heavy atom. The topological polar surface area (TPSA) is 29.5 Å². The molecule has 1 aromatic carbocycles. The number of ether oxygens (including phenoxy) is 1. The Hall–Kier alpha value is -1.23. The number of aliphatic hydroxyl groups is 1. The van der Waals surface area contributed by atoms with E-state index in [9.17, 15) is 18.3 Å². The molecule has 1 aromatic rings. The van der Waals surface area contributed by atoms with Crippen molar-refractivity contribution in [2.45, 2.75) is 44.4 Å². The van der Waals surface area contributed by atoms with Crippen LogP contribution in [-0.4, -0.2) is 24.5 Å². The highest BCUT2D eigenvalue weighted by atomic mass is 19.4. The van der Waals surface area contributed by atoms with Gasteiger partial charge in [-0.3, -0.25) is 0 Å². The summed E-state index contributed by atoms with van der Waals surface area (Å²) in [6.45, 7) is 0. The normalized spacial score (nSPS) is 24.6. The van der Waals surface area contributed by atoms with E-state index < -0.39 is 18.2 Å². The number of aliphatic hydroxyl groups excluding tert-OH is 1. The second-order valence-corrected chi connectivity index (χ2v) is 5.75. The van der Waals surface area contributed by atoms with E-state index in [0.717, 1.165) is 5.56 Å². The molecule has 1 fully saturated rings. The Bertz CT molecular complexity index is 459. The fourth-order valence-corrected chi connectivity index (χ4v) is 3.14. The van der Waals surface area contributed by atoms with Crippen LogP contribution in [0.15, 0.2) is 24.3 Å². The summed E-state index contributed by atoms with van der Waals surface area (Å²) in [4.78, 5) is 0. The van der Waals surface area contributed by atoms with Gasteiger partial charge >= 0.3 is 6.18 Å². The number of methoxy groups -OCH3 is 1. The summed E-state index contributed by atoms with van der Waals surface area (Å²) in [5, 5.41) is 10.3. The Labute approximate surface area is 122 Å². The summed E-state index contributed by atoms with van der Waals surface area (Å²) in [6.07, 6.45) is -3.18. The SMILES string of the molecule is COc1ccccc1CC(O)C1CCCC(C(F)(F)F)C1. The van der Waals surface area contributed by atoms with Crippen LogP contribution in [0.4, 0.5) is 13.2 Å². The molecule has 21 heavy (non-hydrogen) atoms. The van der Waals surface area contributed by atoms with Crippen molar-refractivity contribution >= 4 is 0 Å². The number of hydrogen-bond acceptors (Lipinski definition) is 2. The van der Waals surface area contributed by atoms with Gasteiger partial charge in [0.15, 0.2) is 0 Å². The highest BCUT2D eigenvalue weighted by Crippen LogP contribution is 2.41. The van der Waals surface area contributed by atoms with Crippen LogP contribution in [0.2, 0.25) is 0 Å². The van der Waals surface area contributed by atoms with Crippen LogP contribution >= 0.6 is 0 Å². The number of hydrogen-bond donors (Lipinski definition) is 1. The molecule has 0 bridgehead atoms. The minimum atomic E-state index is -4.15. The summed E-state index contributed by atoms with van der Waals surface area (Å²) in [5.74, 6) is -0.904. The lowest BCUT2D eigenvalue weighted by Gasteiger charge is -2.33. The van der Waals surface area contributed by atoms with Crippen molar-refractivity contribution in [3.05, 3.63) is 29.8 Å². The molecule has 2 rings (SSSR count). The third kappa shape index (κ3) is 4.13. The van der Waals surface area contributed by atoms with Gasteiger partial charge in [-0.05, 0) is 36.8 Å². The Kier molecular flexibility index (Phi) is 5.14. The standard InChI is InChI=1S/C16H21F3O2/c1-21-15-8-3-2-5-12(15)10-14(20)11-6-4-7-13(9-11)16(17,18)19/h2-3,5,8,11,13-14,20H,4,6-7,9-10H2,1H3. The van der Waals surface area contributed by atoms with E-state index in [4.69, 9.17) is 4.74 Å². The van der Waals surface area contributed by atoms with Crippen LogP contribution in [0.3, 0.4) is 0 Å². The molecule has 0 amide bonds. The average molecular weight is 302 g/mol. The van der Waals surface area contributed by atoms with Gasteiger partial charge in [0, 0.05) is 6.42 Å². The zero-order valence-electron chi connectivity index (χ0n) is 12.1. The fourth-order valence-electron chi connectivity index (χ4n) is 3.14. The predicted octanol–water partition coefficient (Wildman–Crippen LogP) is 3.97. The zero-order chi connectivity index (χ0) is 15.5. The maximum Gasteiger partial charge on any atom is 0.391 e. The van der Waals surface area contributed by atoms with Gasteiger partial charge in [0.25, 0.3) is 0 Å². The van der Waals surface area contributed by atoms with Crippen molar-refractivity contribution in [1.29, 1.82) is 0 Å². The molecule has 1 saturated carbocycles. The first-order chi connectivity index (χ1) is 9.91. The number of alkyl halides is 3. The van der Waals surface area contributed by atoms with Crippen LogP contribution in [0.1, 0.15) is 31.2 Å². The van der Waals surface area contributed by atoms with Crippen LogP contribution in [0.5, 0.6) is 5.75 Å². The molecule has 0 aromatic heterocycles. The summed E-state index contributed by atoms with van der Waals surface area (Å²) >= 11 is 0. The fraction of sp³-hybridized carbons (Fsp3) is 0.625. The Morgan fingerprint density at radius 1 is 1.29 bits per heavy atom. The minimum Gasteiger partial charge on any atom is -0.496 e. The molecular weight excluding hydrogens is 281 g/mol. The van der Waals surface area contributed by atoms with Crippen molar-refractivity contribution < 1.29 is 23.0 Å².